The average Bonchev–Trinajstić information content (AvgIpc) is 2.67. The third-order valence-corrected chi connectivity index (χ3v) is 5.53. The molecule has 0 bridgehead atoms. The van der Waals surface area contributed by atoms with E-state index < -0.39 is 5.97 Å². The molecule has 3 rings (SSSR count). The van der Waals surface area contributed by atoms with E-state index in [9.17, 15) is 9.59 Å². The van der Waals surface area contributed by atoms with Gasteiger partial charge in [-0.1, -0.05) is 6.07 Å². The molecule has 1 aromatic rings. The zero-order valence-corrected chi connectivity index (χ0v) is 16.5. The highest BCUT2D eigenvalue weighted by atomic mass is 35.5. The number of nitrogens with zero attached hydrogens (tertiary/aromatic N) is 1. The van der Waals surface area contributed by atoms with Crippen LogP contribution in [0.1, 0.15) is 42.5 Å². The van der Waals surface area contributed by atoms with Crippen molar-refractivity contribution >= 4 is 30.0 Å². The molecule has 2 aliphatic rings. The first-order chi connectivity index (χ1) is 12.6. The van der Waals surface area contributed by atoms with E-state index in [4.69, 9.17) is 5.11 Å². The number of carboxylic acid groups (broad SMARTS) is 1. The topological polar surface area (TPSA) is 81.7 Å². The van der Waals surface area contributed by atoms with Gasteiger partial charge in [-0.05, 0) is 68.8 Å². The van der Waals surface area contributed by atoms with Gasteiger partial charge in [-0.3, -0.25) is 9.59 Å². The number of hydrogen-bond donors (Lipinski definition) is 3. The average molecular weight is 396 g/mol. The molecule has 0 atom stereocenters. The zero-order valence-electron chi connectivity index (χ0n) is 15.7. The van der Waals surface area contributed by atoms with Gasteiger partial charge in [0.25, 0.3) is 5.91 Å². The first-order valence-electron chi connectivity index (χ1n) is 9.67. The van der Waals surface area contributed by atoms with Crippen molar-refractivity contribution in [2.24, 2.45) is 11.8 Å². The van der Waals surface area contributed by atoms with Crippen LogP contribution >= 0.6 is 12.4 Å². The molecule has 0 saturated carbocycles. The molecule has 2 fully saturated rings. The Labute approximate surface area is 167 Å². The highest BCUT2D eigenvalue weighted by Gasteiger charge is 2.25. The maximum atomic E-state index is 12.8. The van der Waals surface area contributed by atoms with E-state index in [1.807, 2.05) is 29.2 Å². The molecule has 27 heavy (non-hydrogen) atoms. The number of hydrogen-bond acceptors (Lipinski definition) is 4. The SMILES string of the molecule is Cl.O=C(O)CC1CCN(C(=O)c2cccc(NCC3CCNCC3)c2)CC1. The number of carbonyl (C=O) groups is 2. The number of benzene rings is 1. The van der Waals surface area contributed by atoms with Crippen molar-refractivity contribution in [3.63, 3.8) is 0 Å². The fourth-order valence-corrected chi connectivity index (χ4v) is 3.88. The molecule has 0 spiro atoms. The molecule has 0 aromatic heterocycles. The molecule has 150 valence electrons. The summed E-state index contributed by atoms with van der Waals surface area (Å²) in [5, 5.41) is 15.8. The Hall–Kier alpha value is -1.79. The van der Waals surface area contributed by atoms with Crippen LogP contribution in [-0.2, 0) is 4.79 Å². The lowest BCUT2D eigenvalue weighted by Crippen LogP contribution is -2.38. The van der Waals surface area contributed by atoms with Gasteiger partial charge < -0.3 is 20.6 Å². The predicted molar refractivity (Wildman–Crippen MR) is 109 cm³/mol. The van der Waals surface area contributed by atoms with Gasteiger partial charge >= 0.3 is 5.97 Å². The van der Waals surface area contributed by atoms with Gasteiger partial charge in [0.1, 0.15) is 0 Å². The highest BCUT2D eigenvalue weighted by Crippen LogP contribution is 2.23. The number of rotatable bonds is 6. The molecule has 0 aliphatic carbocycles. The van der Waals surface area contributed by atoms with E-state index in [1.165, 1.54) is 12.8 Å². The lowest BCUT2D eigenvalue weighted by molar-refractivity contribution is -0.138. The Kier molecular flexibility index (Phi) is 8.38. The van der Waals surface area contributed by atoms with E-state index in [0.717, 1.165) is 38.2 Å². The Bertz CT molecular complexity index is 627. The lowest BCUT2D eigenvalue weighted by Gasteiger charge is -2.31. The van der Waals surface area contributed by atoms with Crippen molar-refractivity contribution < 1.29 is 14.7 Å². The van der Waals surface area contributed by atoms with E-state index >= 15 is 0 Å². The summed E-state index contributed by atoms with van der Waals surface area (Å²) < 4.78 is 0. The van der Waals surface area contributed by atoms with Crippen molar-refractivity contribution in [3.8, 4) is 0 Å². The van der Waals surface area contributed by atoms with E-state index in [0.29, 0.717) is 24.6 Å². The number of carbonyl (C=O) groups excluding carboxylic acids is 1. The molecule has 2 heterocycles. The summed E-state index contributed by atoms with van der Waals surface area (Å²) in [6.45, 7) is 4.40. The Morgan fingerprint density at radius 3 is 2.48 bits per heavy atom. The van der Waals surface area contributed by atoms with E-state index in [2.05, 4.69) is 10.6 Å². The smallest absolute Gasteiger partial charge is 0.303 e. The number of likely N-dealkylation sites (tertiary alicyclic amines) is 1. The number of piperidine rings is 2. The largest absolute Gasteiger partial charge is 0.481 e. The van der Waals surface area contributed by atoms with Crippen molar-refractivity contribution in [2.45, 2.75) is 32.1 Å². The van der Waals surface area contributed by atoms with Gasteiger partial charge in [-0.2, -0.15) is 0 Å². The Morgan fingerprint density at radius 2 is 1.81 bits per heavy atom. The minimum Gasteiger partial charge on any atom is -0.481 e. The number of anilines is 1. The van der Waals surface area contributed by atoms with Gasteiger partial charge in [-0.15, -0.1) is 12.4 Å². The minimum absolute atomic E-state index is 0. The van der Waals surface area contributed by atoms with Crippen molar-refractivity contribution in [2.75, 3.05) is 38.0 Å². The molecule has 1 amide bonds. The zero-order chi connectivity index (χ0) is 18.4. The third-order valence-electron chi connectivity index (χ3n) is 5.53. The molecule has 3 N–H and O–H groups in total. The van der Waals surface area contributed by atoms with Crippen LogP contribution in [0.5, 0.6) is 0 Å². The molecule has 2 saturated heterocycles. The van der Waals surface area contributed by atoms with Crippen LogP contribution in [0.4, 0.5) is 5.69 Å². The summed E-state index contributed by atoms with van der Waals surface area (Å²) in [5.74, 6) is 0.171. The van der Waals surface area contributed by atoms with Crippen LogP contribution in [0.2, 0.25) is 0 Å². The minimum atomic E-state index is -0.748. The van der Waals surface area contributed by atoms with Crippen LogP contribution in [0.15, 0.2) is 24.3 Å². The van der Waals surface area contributed by atoms with Crippen molar-refractivity contribution in [1.82, 2.24) is 10.2 Å². The maximum absolute atomic E-state index is 12.8. The van der Waals surface area contributed by atoms with Gasteiger partial charge in [0.15, 0.2) is 0 Å². The van der Waals surface area contributed by atoms with Gasteiger partial charge in [0.05, 0.1) is 0 Å². The molecule has 2 aliphatic heterocycles. The quantitative estimate of drug-likeness (QED) is 0.690. The Morgan fingerprint density at radius 1 is 1.11 bits per heavy atom. The molecule has 0 unspecified atom stereocenters. The number of amides is 1. The second-order valence-electron chi connectivity index (χ2n) is 7.49. The summed E-state index contributed by atoms with van der Waals surface area (Å²) in [7, 11) is 0. The van der Waals surface area contributed by atoms with Crippen LogP contribution < -0.4 is 10.6 Å². The fourth-order valence-electron chi connectivity index (χ4n) is 3.88. The summed E-state index contributed by atoms with van der Waals surface area (Å²) >= 11 is 0. The van der Waals surface area contributed by atoms with Gasteiger partial charge in [0.2, 0.25) is 0 Å². The summed E-state index contributed by atoms with van der Waals surface area (Å²) in [6, 6.07) is 7.74. The van der Waals surface area contributed by atoms with Crippen LogP contribution in [-0.4, -0.2) is 54.6 Å². The molecule has 0 radical (unpaired) electrons. The maximum Gasteiger partial charge on any atom is 0.303 e. The number of halogens is 1. The summed E-state index contributed by atoms with van der Waals surface area (Å²) in [4.78, 5) is 25.4. The number of carboxylic acids is 1. The standard InChI is InChI=1S/C20H29N3O3.ClH/c24-19(25)12-15-6-10-23(11-7-15)20(26)17-2-1-3-18(13-17)22-14-16-4-8-21-9-5-16;/h1-3,13,15-16,21-22H,4-12,14H2,(H,24,25);1H. The van der Waals surface area contributed by atoms with Crippen LogP contribution in [0.25, 0.3) is 0 Å². The third kappa shape index (κ3) is 6.40. The van der Waals surface area contributed by atoms with Crippen molar-refractivity contribution in [1.29, 1.82) is 0 Å². The highest BCUT2D eigenvalue weighted by molar-refractivity contribution is 5.95. The summed E-state index contributed by atoms with van der Waals surface area (Å²) in [5.41, 5.74) is 1.70. The molecular weight excluding hydrogens is 366 g/mol. The van der Waals surface area contributed by atoms with E-state index in [1.54, 1.807) is 0 Å². The first kappa shape index (κ1) is 21.5. The van der Waals surface area contributed by atoms with Gasteiger partial charge in [0, 0.05) is 37.3 Å². The molecule has 7 heteroatoms. The van der Waals surface area contributed by atoms with Gasteiger partial charge in [-0.25, -0.2) is 0 Å². The number of nitrogens with one attached hydrogen (secondary N) is 2. The predicted octanol–water partition coefficient (Wildman–Crippen LogP) is 2.85. The number of aliphatic carboxylic acids is 1. The van der Waals surface area contributed by atoms with Crippen molar-refractivity contribution in [3.05, 3.63) is 29.8 Å². The summed E-state index contributed by atoms with van der Waals surface area (Å²) in [6.07, 6.45) is 4.13. The van der Waals surface area contributed by atoms with Crippen LogP contribution in [0.3, 0.4) is 0 Å². The lowest BCUT2D eigenvalue weighted by atomic mass is 9.93. The van der Waals surface area contributed by atoms with Crippen LogP contribution in [0, 0.1) is 11.8 Å². The second kappa shape index (κ2) is 10.5. The fraction of sp³-hybridized carbons (Fsp3) is 0.600. The first-order valence-corrected chi connectivity index (χ1v) is 9.67. The molecule has 6 nitrogen and oxygen atoms in total. The second-order valence-corrected chi connectivity index (χ2v) is 7.49. The monoisotopic (exact) mass is 395 g/mol. The Balaban J connectivity index is 0.00000261. The molecular formula is C20H30ClN3O3. The van der Waals surface area contributed by atoms with E-state index in [-0.39, 0.29) is 30.7 Å². The molecule has 1 aromatic carbocycles. The normalized spacial score (nSPS) is 18.6.